The van der Waals surface area contributed by atoms with Crippen LogP contribution in [0.4, 0.5) is 0 Å². The van der Waals surface area contributed by atoms with Crippen molar-refractivity contribution in [2.24, 2.45) is 10.8 Å². The molecule has 2 fully saturated rings. The van der Waals surface area contributed by atoms with E-state index >= 15 is 0 Å². The zero-order valence-electron chi connectivity index (χ0n) is 9.74. The number of aliphatic imine (C=N–C) groups is 1. The van der Waals surface area contributed by atoms with Gasteiger partial charge in [-0.25, -0.2) is 10.8 Å². The Kier molecular flexibility index (Phi) is 4.78. The average Bonchev–Trinajstić information content (AvgIpc) is 2.82. The van der Waals surface area contributed by atoms with Crippen LogP contribution in [0, 0.1) is 0 Å². The van der Waals surface area contributed by atoms with E-state index in [1.54, 1.807) is 0 Å². The van der Waals surface area contributed by atoms with Gasteiger partial charge in [0.05, 0.1) is 6.04 Å². The maximum absolute atomic E-state index is 5.52. The second-order valence-electron chi connectivity index (χ2n) is 4.62. The molecule has 4 N–H and O–H groups in total. The van der Waals surface area contributed by atoms with Crippen molar-refractivity contribution < 1.29 is 0 Å². The van der Waals surface area contributed by atoms with Crippen LogP contribution >= 0.6 is 11.8 Å². The standard InChI is InChI=1S/C11H22N4S/c12-15-11(14-10-6-7-16-8-10)13-9-4-2-1-3-5-9/h9-10H,1-8,12H2,(H2,13,14,15). The molecule has 5 heteroatoms. The summed E-state index contributed by atoms with van der Waals surface area (Å²) in [6, 6.07) is 1.02. The molecule has 1 aliphatic heterocycles. The van der Waals surface area contributed by atoms with E-state index in [1.807, 2.05) is 11.8 Å². The number of hydrogen-bond donors (Lipinski definition) is 3. The summed E-state index contributed by atoms with van der Waals surface area (Å²) >= 11 is 1.99. The first kappa shape index (κ1) is 12.0. The molecule has 0 bridgehead atoms. The topological polar surface area (TPSA) is 62.4 Å². The molecule has 0 aromatic heterocycles. The van der Waals surface area contributed by atoms with E-state index in [4.69, 9.17) is 5.84 Å². The lowest BCUT2D eigenvalue weighted by atomic mass is 9.96. The van der Waals surface area contributed by atoms with E-state index in [1.165, 1.54) is 50.0 Å². The highest BCUT2D eigenvalue weighted by atomic mass is 32.2. The molecule has 0 aromatic carbocycles. The van der Waals surface area contributed by atoms with Crippen LogP contribution in [-0.4, -0.2) is 29.5 Å². The third kappa shape index (κ3) is 3.56. The maximum atomic E-state index is 5.52. The normalized spacial score (nSPS) is 28.1. The van der Waals surface area contributed by atoms with Gasteiger partial charge in [0.25, 0.3) is 0 Å². The molecule has 16 heavy (non-hydrogen) atoms. The quantitative estimate of drug-likeness (QED) is 0.295. The minimum atomic E-state index is 0.473. The molecule has 92 valence electrons. The van der Waals surface area contributed by atoms with Crippen LogP contribution in [-0.2, 0) is 0 Å². The molecule has 0 radical (unpaired) electrons. The molecule has 0 spiro atoms. The summed E-state index contributed by atoms with van der Waals surface area (Å²) in [5.74, 6) is 8.73. The third-order valence-corrected chi connectivity index (χ3v) is 4.46. The van der Waals surface area contributed by atoms with Gasteiger partial charge < -0.3 is 5.32 Å². The van der Waals surface area contributed by atoms with Crippen LogP contribution in [0.1, 0.15) is 38.5 Å². The van der Waals surface area contributed by atoms with Crippen LogP contribution in [0.25, 0.3) is 0 Å². The number of hydrogen-bond acceptors (Lipinski definition) is 3. The Balaban J connectivity index is 1.84. The molecule has 0 amide bonds. The van der Waals surface area contributed by atoms with Gasteiger partial charge in [0.1, 0.15) is 0 Å². The van der Waals surface area contributed by atoms with Gasteiger partial charge in [0.15, 0.2) is 0 Å². The van der Waals surface area contributed by atoms with Crippen LogP contribution in [0.5, 0.6) is 0 Å². The summed E-state index contributed by atoms with van der Waals surface area (Å²) in [6.07, 6.45) is 7.63. The SMILES string of the molecule is NNC(=NC1CCCCC1)NC1CCSC1. The first-order valence-corrected chi connectivity index (χ1v) is 7.42. The van der Waals surface area contributed by atoms with Crippen molar-refractivity contribution >= 4 is 17.7 Å². The number of nitrogens with one attached hydrogen (secondary N) is 2. The van der Waals surface area contributed by atoms with Gasteiger partial charge in [-0.3, -0.25) is 5.43 Å². The fraction of sp³-hybridized carbons (Fsp3) is 0.909. The van der Waals surface area contributed by atoms with Crippen molar-refractivity contribution in [3.8, 4) is 0 Å². The summed E-state index contributed by atoms with van der Waals surface area (Å²) in [5.41, 5.74) is 2.71. The molecule has 1 aliphatic carbocycles. The lowest BCUT2D eigenvalue weighted by Crippen LogP contribution is -2.47. The molecule has 4 nitrogen and oxygen atoms in total. The Morgan fingerprint density at radius 1 is 1.19 bits per heavy atom. The highest BCUT2D eigenvalue weighted by Crippen LogP contribution is 2.20. The third-order valence-electron chi connectivity index (χ3n) is 3.29. The number of rotatable bonds is 2. The predicted molar refractivity (Wildman–Crippen MR) is 70.5 cm³/mol. The molecular formula is C11H22N4S. The number of guanidine groups is 1. The smallest absolute Gasteiger partial charge is 0.206 e. The Bertz CT molecular complexity index is 232. The molecule has 0 aromatic rings. The summed E-state index contributed by atoms with van der Waals surface area (Å²) in [4.78, 5) is 4.68. The monoisotopic (exact) mass is 242 g/mol. The van der Waals surface area contributed by atoms with Gasteiger partial charge in [-0.2, -0.15) is 11.8 Å². The van der Waals surface area contributed by atoms with Crippen molar-refractivity contribution in [3.05, 3.63) is 0 Å². The molecule has 1 unspecified atom stereocenters. The summed E-state index contributed by atoms with van der Waals surface area (Å²) in [5, 5.41) is 3.41. The molecule has 1 atom stereocenters. The minimum Gasteiger partial charge on any atom is -0.352 e. The largest absolute Gasteiger partial charge is 0.352 e. The van der Waals surface area contributed by atoms with E-state index in [9.17, 15) is 0 Å². The fourth-order valence-corrected chi connectivity index (χ4v) is 3.50. The minimum absolute atomic E-state index is 0.473. The van der Waals surface area contributed by atoms with E-state index in [0.717, 1.165) is 5.96 Å². The zero-order chi connectivity index (χ0) is 11.2. The van der Waals surface area contributed by atoms with Gasteiger partial charge in [-0.05, 0) is 25.0 Å². The van der Waals surface area contributed by atoms with Crippen molar-refractivity contribution in [1.82, 2.24) is 10.7 Å². The first-order chi connectivity index (χ1) is 7.88. The highest BCUT2D eigenvalue weighted by Gasteiger charge is 2.18. The molecule has 1 heterocycles. The van der Waals surface area contributed by atoms with E-state index < -0.39 is 0 Å². The predicted octanol–water partition coefficient (Wildman–Crippen LogP) is 1.23. The lowest BCUT2D eigenvalue weighted by Gasteiger charge is -2.21. The van der Waals surface area contributed by atoms with Crippen LogP contribution < -0.4 is 16.6 Å². The van der Waals surface area contributed by atoms with Gasteiger partial charge >= 0.3 is 0 Å². The van der Waals surface area contributed by atoms with Gasteiger partial charge in [-0.1, -0.05) is 19.3 Å². The van der Waals surface area contributed by atoms with Crippen molar-refractivity contribution in [2.75, 3.05) is 11.5 Å². The van der Waals surface area contributed by atoms with Crippen LogP contribution in [0.3, 0.4) is 0 Å². The molecule has 2 rings (SSSR count). The Labute approximate surface area is 102 Å². The van der Waals surface area contributed by atoms with E-state index in [-0.39, 0.29) is 0 Å². The van der Waals surface area contributed by atoms with Crippen molar-refractivity contribution in [1.29, 1.82) is 0 Å². The molecular weight excluding hydrogens is 220 g/mol. The van der Waals surface area contributed by atoms with Gasteiger partial charge in [0, 0.05) is 11.8 Å². The Morgan fingerprint density at radius 3 is 2.62 bits per heavy atom. The van der Waals surface area contributed by atoms with E-state index in [0.29, 0.717) is 12.1 Å². The molecule has 1 saturated carbocycles. The second-order valence-corrected chi connectivity index (χ2v) is 5.77. The van der Waals surface area contributed by atoms with Gasteiger partial charge in [0.2, 0.25) is 5.96 Å². The first-order valence-electron chi connectivity index (χ1n) is 6.27. The molecule has 1 saturated heterocycles. The Hall–Kier alpha value is -0.420. The van der Waals surface area contributed by atoms with Crippen molar-refractivity contribution in [2.45, 2.75) is 50.6 Å². The van der Waals surface area contributed by atoms with Crippen LogP contribution in [0.2, 0.25) is 0 Å². The zero-order valence-corrected chi connectivity index (χ0v) is 10.6. The molecule has 2 aliphatic rings. The number of thioether (sulfide) groups is 1. The average molecular weight is 242 g/mol. The van der Waals surface area contributed by atoms with Gasteiger partial charge in [-0.15, -0.1) is 0 Å². The highest BCUT2D eigenvalue weighted by molar-refractivity contribution is 7.99. The lowest BCUT2D eigenvalue weighted by molar-refractivity contribution is 0.440. The maximum Gasteiger partial charge on any atom is 0.206 e. The second kappa shape index (κ2) is 6.35. The number of hydrazine groups is 1. The Morgan fingerprint density at radius 2 is 2.00 bits per heavy atom. The summed E-state index contributed by atoms with van der Waals surface area (Å²) < 4.78 is 0. The number of nitrogens with two attached hydrogens (primary N) is 1. The van der Waals surface area contributed by atoms with Crippen LogP contribution in [0.15, 0.2) is 4.99 Å². The number of nitrogens with zero attached hydrogens (tertiary/aromatic N) is 1. The fourth-order valence-electron chi connectivity index (χ4n) is 2.35. The summed E-state index contributed by atoms with van der Waals surface area (Å²) in [7, 11) is 0. The van der Waals surface area contributed by atoms with Crippen molar-refractivity contribution in [3.63, 3.8) is 0 Å². The van der Waals surface area contributed by atoms with E-state index in [2.05, 4.69) is 15.7 Å². The summed E-state index contributed by atoms with van der Waals surface area (Å²) in [6.45, 7) is 0.